The van der Waals surface area contributed by atoms with Gasteiger partial charge in [0.15, 0.2) is 0 Å². The lowest BCUT2D eigenvalue weighted by atomic mass is 10.2. The zero-order valence-electron chi connectivity index (χ0n) is 8.91. The van der Waals surface area contributed by atoms with Gasteiger partial charge in [-0.1, -0.05) is 13.3 Å². The number of carboxylic acids is 1. The molecular weight excluding hydrogens is 184 g/mol. The number of carbonyl (C=O) groups is 2. The van der Waals surface area contributed by atoms with Crippen LogP contribution in [-0.2, 0) is 4.79 Å². The Hall–Kier alpha value is -1.26. The molecule has 2 N–H and O–H groups in total. The first-order chi connectivity index (χ1) is 6.49. The van der Waals surface area contributed by atoms with E-state index in [0.29, 0.717) is 0 Å². The monoisotopic (exact) mass is 202 g/mol. The number of hydrogen-bond acceptors (Lipinski definition) is 2. The van der Waals surface area contributed by atoms with Crippen molar-refractivity contribution in [2.24, 2.45) is 0 Å². The smallest absolute Gasteiger partial charge is 0.323 e. The fraction of sp³-hybridized carbons (Fsp3) is 0.778. The summed E-state index contributed by atoms with van der Waals surface area (Å²) < 4.78 is 0. The summed E-state index contributed by atoms with van der Waals surface area (Å²) in [5.74, 6) is -1.03. The quantitative estimate of drug-likeness (QED) is 0.696. The highest BCUT2D eigenvalue weighted by atomic mass is 16.4. The van der Waals surface area contributed by atoms with Crippen molar-refractivity contribution in [3.63, 3.8) is 0 Å². The Morgan fingerprint density at radius 1 is 1.50 bits per heavy atom. The van der Waals surface area contributed by atoms with Gasteiger partial charge in [-0.25, -0.2) is 4.79 Å². The molecule has 0 bridgehead atoms. The number of carboxylic acid groups (broad SMARTS) is 1. The average molecular weight is 202 g/mol. The number of aliphatic carboxylic acids is 1. The number of nitrogens with one attached hydrogen (secondary N) is 1. The van der Waals surface area contributed by atoms with Crippen LogP contribution in [0.15, 0.2) is 0 Å². The van der Waals surface area contributed by atoms with Gasteiger partial charge in [-0.2, -0.15) is 0 Å². The van der Waals surface area contributed by atoms with Crippen LogP contribution in [0.5, 0.6) is 0 Å². The number of hydrogen-bond donors (Lipinski definition) is 2. The molecule has 0 aliphatic heterocycles. The summed E-state index contributed by atoms with van der Waals surface area (Å²) >= 11 is 0. The van der Waals surface area contributed by atoms with E-state index in [2.05, 4.69) is 5.32 Å². The number of amides is 2. The van der Waals surface area contributed by atoms with Gasteiger partial charge in [-0.15, -0.1) is 0 Å². The molecule has 0 aromatic rings. The van der Waals surface area contributed by atoms with Gasteiger partial charge in [0.2, 0.25) is 0 Å². The van der Waals surface area contributed by atoms with Gasteiger partial charge in [0.05, 0.1) is 0 Å². The minimum absolute atomic E-state index is 0.133. The van der Waals surface area contributed by atoms with Crippen molar-refractivity contribution in [2.75, 3.05) is 13.6 Å². The van der Waals surface area contributed by atoms with Crippen LogP contribution < -0.4 is 5.32 Å². The van der Waals surface area contributed by atoms with Crippen LogP contribution in [0, 0.1) is 0 Å². The molecule has 0 rings (SSSR count). The summed E-state index contributed by atoms with van der Waals surface area (Å²) in [6, 6.07) is -0.206. The molecule has 1 unspecified atom stereocenters. The van der Waals surface area contributed by atoms with Crippen molar-refractivity contribution in [3.8, 4) is 0 Å². The second kappa shape index (κ2) is 6.23. The molecule has 2 amide bonds. The third kappa shape index (κ3) is 4.69. The van der Waals surface area contributed by atoms with Gasteiger partial charge in [0.25, 0.3) is 0 Å². The highest BCUT2D eigenvalue weighted by Crippen LogP contribution is 2.03. The third-order valence-electron chi connectivity index (χ3n) is 2.08. The summed E-state index contributed by atoms with van der Waals surface area (Å²) in [5.41, 5.74) is 0. The van der Waals surface area contributed by atoms with Gasteiger partial charge >= 0.3 is 12.0 Å². The van der Waals surface area contributed by atoms with Crippen LogP contribution in [0.2, 0.25) is 0 Å². The highest BCUT2D eigenvalue weighted by molar-refractivity contribution is 5.79. The van der Waals surface area contributed by atoms with Crippen LogP contribution in [-0.4, -0.2) is 41.6 Å². The molecule has 1 atom stereocenters. The molecule has 0 radical (unpaired) electrons. The van der Waals surface area contributed by atoms with E-state index in [1.165, 1.54) is 4.90 Å². The molecule has 5 nitrogen and oxygen atoms in total. The molecule has 0 aliphatic rings. The van der Waals surface area contributed by atoms with Crippen LogP contribution in [0.4, 0.5) is 4.79 Å². The zero-order chi connectivity index (χ0) is 11.1. The lowest BCUT2D eigenvalue weighted by Gasteiger charge is -2.24. The molecule has 0 aliphatic carbocycles. The fourth-order valence-corrected chi connectivity index (χ4v) is 1.09. The van der Waals surface area contributed by atoms with Crippen molar-refractivity contribution in [1.82, 2.24) is 10.2 Å². The number of nitrogens with zero attached hydrogens (tertiary/aromatic N) is 1. The minimum Gasteiger partial charge on any atom is -0.480 e. The Labute approximate surface area is 84.1 Å². The SMILES string of the molecule is CCCC(C)N(C)C(=O)NCC(=O)O. The molecule has 0 fully saturated rings. The predicted molar refractivity (Wildman–Crippen MR) is 53.2 cm³/mol. The lowest BCUT2D eigenvalue weighted by molar-refractivity contribution is -0.135. The average Bonchev–Trinajstić information content (AvgIpc) is 2.13. The molecule has 0 aromatic heterocycles. The largest absolute Gasteiger partial charge is 0.480 e. The zero-order valence-corrected chi connectivity index (χ0v) is 8.91. The first-order valence-corrected chi connectivity index (χ1v) is 4.71. The van der Waals surface area contributed by atoms with Crippen molar-refractivity contribution in [2.45, 2.75) is 32.7 Å². The van der Waals surface area contributed by atoms with Gasteiger partial charge in [0, 0.05) is 13.1 Å². The Morgan fingerprint density at radius 2 is 2.07 bits per heavy atom. The molecule has 5 heteroatoms. The van der Waals surface area contributed by atoms with Crippen LogP contribution in [0.3, 0.4) is 0 Å². The standard InChI is InChI=1S/C9H18N2O3/c1-4-5-7(2)11(3)9(14)10-6-8(12)13/h7H,4-6H2,1-3H3,(H,10,14)(H,12,13). The molecule has 82 valence electrons. The van der Waals surface area contributed by atoms with Crippen molar-refractivity contribution in [3.05, 3.63) is 0 Å². The molecule has 14 heavy (non-hydrogen) atoms. The van der Waals surface area contributed by atoms with E-state index in [0.717, 1.165) is 12.8 Å². The fourth-order valence-electron chi connectivity index (χ4n) is 1.09. The lowest BCUT2D eigenvalue weighted by Crippen LogP contribution is -2.43. The second-order valence-electron chi connectivity index (χ2n) is 3.30. The van der Waals surface area contributed by atoms with Gasteiger partial charge in [-0.05, 0) is 13.3 Å². The highest BCUT2D eigenvalue weighted by Gasteiger charge is 2.14. The van der Waals surface area contributed by atoms with E-state index in [4.69, 9.17) is 5.11 Å². The maximum Gasteiger partial charge on any atom is 0.323 e. The maximum atomic E-state index is 11.3. The number of urea groups is 1. The third-order valence-corrected chi connectivity index (χ3v) is 2.08. The summed E-state index contributed by atoms with van der Waals surface area (Å²) in [6.45, 7) is 3.64. The van der Waals surface area contributed by atoms with Crippen LogP contribution >= 0.6 is 0 Å². The topological polar surface area (TPSA) is 69.6 Å². The van der Waals surface area contributed by atoms with E-state index in [1.807, 2.05) is 13.8 Å². The van der Waals surface area contributed by atoms with E-state index < -0.39 is 5.97 Å². The minimum atomic E-state index is -1.03. The van der Waals surface area contributed by atoms with E-state index in [9.17, 15) is 9.59 Å². The Kier molecular flexibility index (Phi) is 5.67. The maximum absolute atomic E-state index is 11.3. The first-order valence-electron chi connectivity index (χ1n) is 4.71. The Morgan fingerprint density at radius 3 is 2.50 bits per heavy atom. The van der Waals surface area contributed by atoms with Crippen molar-refractivity contribution in [1.29, 1.82) is 0 Å². The van der Waals surface area contributed by atoms with E-state index >= 15 is 0 Å². The molecule has 0 saturated carbocycles. The molecule has 0 spiro atoms. The summed E-state index contributed by atoms with van der Waals surface area (Å²) in [4.78, 5) is 23.0. The van der Waals surface area contributed by atoms with Gasteiger partial charge < -0.3 is 15.3 Å². The molecule has 0 heterocycles. The van der Waals surface area contributed by atoms with Crippen LogP contribution in [0.25, 0.3) is 0 Å². The van der Waals surface area contributed by atoms with Gasteiger partial charge in [-0.3, -0.25) is 4.79 Å². The van der Waals surface area contributed by atoms with Crippen molar-refractivity contribution < 1.29 is 14.7 Å². The summed E-state index contributed by atoms with van der Waals surface area (Å²) in [7, 11) is 1.66. The summed E-state index contributed by atoms with van der Waals surface area (Å²) in [5, 5.41) is 10.7. The van der Waals surface area contributed by atoms with E-state index in [-0.39, 0.29) is 18.6 Å². The van der Waals surface area contributed by atoms with Crippen LogP contribution in [0.1, 0.15) is 26.7 Å². The number of rotatable bonds is 5. The second-order valence-corrected chi connectivity index (χ2v) is 3.30. The molecule has 0 saturated heterocycles. The Bertz CT molecular complexity index is 206. The van der Waals surface area contributed by atoms with Gasteiger partial charge in [0.1, 0.15) is 6.54 Å². The normalized spacial score (nSPS) is 11.9. The number of carbonyl (C=O) groups excluding carboxylic acids is 1. The molecule has 0 aromatic carbocycles. The summed E-state index contributed by atoms with van der Waals surface area (Å²) in [6.07, 6.45) is 1.91. The molecular formula is C9H18N2O3. The Balaban J connectivity index is 3.91. The first kappa shape index (κ1) is 12.7. The van der Waals surface area contributed by atoms with E-state index in [1.54, 1.807) is 7.05 Å². The predicted octanol–water partition coefficient (Wildman–Crippen LogP) is 0.901. The van der Waals surface area contributed by atoms with Crippen molar-refractivity contribution >= 4 is 12.0 Å².